The van der Waals surface area contributed by atoms with Gasteiger partial charge in [0.05, 0.1) is 19.9 Å². The van der Waals surface area contributed by atoms with Gasteiger partial charge in [0.2, 0.25) is 5.70 Å². The molecule has 7 heteroatoms. The average Bonchev–Trinajstić information content (AvgIpc) is 2.38. The molecular formula is C12H14N2O5. The number of amides is 1. The van der Waals surface area contributed by atoms with E-state index < -0.39 is 17.4 Å². The van der Waals surface area contributed by atoms with Crippen molar-refractivity contribution in [1.29, 1.82) is 0 Å². The Morgan fingerprint density at radius 1 is 1.32 bits per heavy atom. The predicted octanol–water partition coefficient (Wildman–Crippen LogP) is 2.20. The van der Waals surface area contributed by atoms with Gasteiger partial charge in [-0.05, 0) is 24.2 Å². The van der Waals surface area contributed by atoms with Gasteiger partial charge in [-0.2, -0.15) is 0 Å². The van der Waals surface area contributed by atoms with E-state index >= 15 is 0 Å². The highest BCUT2D eigenvalue weighted by Crippen LogP contribution is 2.29. The van der Waals surface area contributed by atoms with Crippen LogP contribution in [0, 0.1) is 4.91 Å². The van der Waals surface area contributed by atoms with E-state index in [0.29, 0.717) is 17.2 Å². The fourth-order valence-corrected chi connectivity index (χ4v) is 1.37. The number of rotatable bonds is 5. The molecule has 0 aromatic heterocycles. The summed E-state index contributed by atoms with van der Waals surface area (Å²) in [6, 6.07) is 4.77. The molecule has 1 rings (SSSR count). The molecule has 102 valence electrons. The van der Waals surface area contributed by atoms with Gasteiger partial charge in [0, 0.05) is 6.07 Å². The summed E-state index contributed by atoms with van der Waals surface area (Å²) < 4.78 is 10.1. The van der Waals surface area contributed by atoms with Gasteiger partial charge in [-0.15, -0.1) is 4.91 Å². The van der Waals surface area contributed by atoms with E-state index in [4.69, 9.17) is 14.6 Å². The van der Waals surface area contributed by atoms with Crippen LogP contribution in [-0.4, -0.2) is 25.2 Å². The molecule has 1 aromatic carbocycles. The average molecular weight is 266 g/mol. The smallest absolute Gasteiger partial charge is 0.281 e. The normalized spacial score (nSPS) is 11.3. The van der Waals surface area contributed by atoms with Crippen molar-refractivity contribution in [1.82, 2.24) is 0 Å². The van der Waals surface area contributed by atoms with Crippen LogP contribution in [0.25, 0.3) is 0 Å². The third-order valence-corrected chi connectivity index (χ3v) is 2.30. The van der Waals surface area contributed by atoms with Crippen LogP contribution in [0.2, 0.25) is 0 Å². The Bertz CT molecular complexity index is 521. The summed E-state index contributed by atoms with van der Waals surface area (Å²) in [5, 5.41) is 14.0. The zero-order valence-electron chi connectivity index (χ0n) is 10.8. The van der Waals surface area contributed by atoms with Crippen LogP contribution in [0.3, 0.4) is 0 Å². The summed E-state index contributed by atoms with van der Waals surface area (Å²) in [5.74, 6) is -0.410. The molecule has 2 N–H and O–H groups in total. The lowest BCUT2D eigenvalue weighted by atomic mass is 10.2. The number of carbonyl (C=O) groups excluding carboxylic acids is 1. The van der Waals surface area contributed by atoms with Crippen LogP contribution >= 0.6 is 0 Å². The van der Waals surface area contributed by atoms with Crippen LogP contribution in [0.1, 0.15) is 6.92 Å². The summed E-state index contributed by atoms with van der Waals surface area (Å²) in [6.45, 7) is 1.19. The number of nitrogens with one attached hydrogen (secondary N) is 1. The van der Waals surface area contributed by atoms with Gasteiger partial charge in [0.25, 0.3) is 5.91 Å². The van der Waals surface area contributed by atoms with Crippen LogP contribution in [0.4, 0.5) is 5.69 Å². The largest absolute Gasteiger partial charge is 0.510 e. The van der Waals surface area contributed by atoms with Gasteiger partial charge >= 0.3 is 0 Å². The first-order valence-corrected chi connectivity index (χ1v) is 5.30. The van der Waals surface area contributed by atoms with Crippen LogP contribution in [0.5, 0.6) is 11.5 Å². The molecule has 1 amide bonds. The number of carbonyl (C=O) groups is 1. The molecule has 0 spiro atoms. The fraction of sp³-hybridized carbons (Fsp3) is 0.250. The molecule has 0 atom stereocenters. The number of benzene rings is 1. The summed E-state index contributed by atoms with van der Waals surface area (Å²) >= 11 is 0. The maximum absolute atomic E-state index is 11.7. The maximum atomic E-state index is 11.7. The monoisotopic (exact) mass is 266 g/mol. The third kappa shape index (κ3) is 3.44. The number of allylic oxidation sites excluding steroid dienone is 1. The lowest BCUT2D eigenvalue weighted by Crippen LogP contribution is -2.15. The molecule has 19 heavy (non-hydrogen) atoms. The number of hydrogen-bond acceptors (Lipinski definition) is 6. The second-order valence-electron chi connectivity index (χ2n) is 3.55. The number of ether oxygens (including phenoxy) is 2. The highest BCUT2D eigenvalue weighted by atomic mass is 16.5. The number of anilines is 1. The Morgan fingerprint density at radius 2 is 2.00 bits per heavy atom. The van der Waals surface area contributed by atoms with Gasteiger partial charge in [-0.3, -0.25) is 4.79 Å². The first-order chi connectivity index (χ1) is 9.03. The number of nitroso groups, excluding NO2 is 1. The minimum absolute atomic E-state index is 0.300. The number of methoxy groups -OCH3 is 2. The standard InChI is InChI=1S/C12H14N2O5/c1-7(15)11(14-17)12(16)13-9-6-8(18-2)4-5-10(9)19-3/h4-6,15H,1-3H3,(H,13,16). The van der Waals surface area contributed by atoms with Crippen molar-refractivity contribution in [2.45, 2.75) is 6.92 Å². The first-order valence-electron chi connectivity index (χ1n) is 5.30. The molecular weight excluding hydrogens is 252 g/mol. The van der Waals surface area contributed by atoms with E-state index in [-0.39, 0.29) is 0 Å². The second-order valence-corrected chi connectivity index (χ2v) is 3.55. The van der Waals surface area contributed by atoms with Crippen LogP contribution < -0.4 is 14.8 Å². The Labute approximate surface area is 109 Å². The first kappa shape index (κ1) is 14.5. The highest BCUT2D eigenvalue weighted by Gasteiger charge is 2.16. The molecule has 0 aliphatic carbocycles. The third-order valence-electron chi connectivity index (χ3n) is 2.30. The van der Waals surface area contributed by atoms with Crippen molar-refractivity contribution in [3.05, 3.63) is 34.6 Å². The van der Waals surface area contributed by atoms with Crippen molar-refractivity contribution in [2.75, 3.05) is 19.5 Å². The van der Waals surface area contributed by atoms with Crippen LogP contribution in [-0.2, 0) is 4.79 Å². The van der Waals surface area contributed by atoms with Gasteiger partial charge in [-0.1, -0.05) is 0 Å². The molecule has 0 fully saturated rings. The lowest BCUT2D eigenvalue weighted by molar-refractivity contribution is -0.113. The molecule has 1 aromatic rings. The van der Waals surface area contributed by atoms with Gasteiger partial charge in [-0.25, -0.2) is 0 Å². The minimum Gasteiger partial charge on any atom is -0.510 e. The van der Waals surface area contributed by atoms with E-state index in [1.54, 1.807) is 12.1 Å². The Balaban J connectivity index is 3.07. The van der Waals surface area contributed by atoms with E-state index in [1.807, 2.05) is 0 Å². The molecule has 0 saturated heterocycles. The zero-order valence-corrected chi connectivity index (χ0v) is 10.8. The van der Waals surface area contributed by atoms with Gasteiger partial charge in [0.15, 0.2) is 0 Å². The molecule has 0 heterocycles. The second kappa shape index (κ2) is 6.39. The van der Waals surface area contributed by atoms with E-state index in [9.17, 15) is 9.70 Å². The number of nitrogens with zero attached hydrogens (tertiary/aromatic N) is 1. The molecule has 0 saturated carbocycles. The summed E-state index contributed by atoms with van der Waals surface area (Å²) in [7, 11) is 2.91. The molecule has 0 radical (unpaired) electrons. The summed E-state index contributed by atoms with van der Waals surface area (Å²) in [5.41, 5.74) is -0.292. The zero-order chi connectivity index (χ0) is 14.4. The number of hydrogen-bond donors (Lipinski definition) is 2. The Hall–Kier alpha value is -2.57. The number of aliphatic hydroxyl groups excluding tert-OH is 1. The molecule has 7 nitrogen and oxygen atoms in total. The number of aliphatic hydroxyl groups is 1. The van der Waals surface area contributed by atoms with Crippen LogP contribution in [0.15, 0.2) is 34.8 Å². The van der Waals surface area contributed by atoms with E-state index in [2.05, 4.69) is 10.5 Å². The molecule has 0 unspecified atom stereocenters. The molecule has 0 aliphatic rings. The van der Waals surface area contributed by atoms with Crippen molar-refractivity contribution >= 4 is 11.6 Å². The maximum Gasteiger partial charge on any atom is 0.281 e. The molecule has 0 bridgehead atoms. The lowest BCUT2D eigenvalue weighted by Gasteiger charge is -2.11. The van der Waals surface area contributed by atoms with Crippen molar-refractivity contribution in [3.8, 4) is 11.5 Å². The Morgan fingerprint density at radius 3 is 2.47 bits per heavy atom. The summed E-state index contributed by atoms with van der Waals surface area (Å²) in [4.78, 5) is 22.2. The van der Waals surface area contributed by atoms with Gasteiger partial charge < -0.3 is 19.9 Å². The van der Waals surface area contributed by atoms with Gasteiger partial charge in [0.1, 0.15) is 17.3 Å². The van der Waals surface area contributed by atoms with Crippen molar-refractivity contribution in [2.24, 2.45) is 5.18 Å². The molecule has 0 aliphatic heterocycles. The highest BCUT2D eigenvalue weighted by molar-refractivity contribution is 6.04. The quantitative estimate of drug-likeness (QED) is 0.483. The van der Waals surface area contributed by atoms with E-state index in [1.165, 1.54) is 27.2 Å². The predicted molar refractivity (Wildman–Crippen MR) is 69.3 cm³/mol. The van der Waals surface area contributed by atoms with Crippen molar-refractivity contribution in [3.63, 3.8) is 0 Å². The Kier molecular flexibility index (Phi) is 4.87. The minimum atomic E-state index is -0.832. The SMILES string of the molecule is COc1ccc(OC)c(NC(=O)C(N=O)=C(C)O)c1. The van der Waals surface area contributed by atoms with E-state index in [0.717, 1.165) is 0 Å². The summed E-state index contributed by atoms with van der Waals surface area (Å²) in [6.07, 6.45) is 0. The fourth-order valence-electron chi connectivity index (χ4n) is 1.37. The topological polar surface area (TPSA) is 97.2 Å². The van der Waals surface area contributed by atoms with Crippen molar-refractivity contribution < 1.29 is 19.4 Å².